The van der Waals surface area contributed by atoms with Crippen molar-refractivity contribution in [3.63, 3.8) is 0 Å². The Morgan fingerprint density at radius 1 is 1.04 bits per heavy atom. The molecule has 0 radical (unpaired) electrons. The first-order chi connectivity index (χ1) is 10.9. The topological polar surface area (TPSA) is 6.48 Å². The molecule has 0 saturated heterocycles. The van der Waals surface area contributed by atoms with Crippen LogP contribution < -0.4 is 0 Å². The predicted molar refractivity (Wildman–Crippen MR) is 94.3 cm³/mol. The van der Waals surface area contributed by atoms with E-state index in [0.29, 0.717) is 28.7 Å². The lowest BCUT2D eigenvalue weighted by Gasteiger charge is -2.27. The summed E-state index contributed by atoms with van der Waals surface area (Å²) in [5.41, 5.74) is 1.33. The zero-order chi connectivity index (χ0) is 16.7. The summed E-state index contributed by atoms with van der Waals surface area (Å²) in [6, 6.07) is 4.88. The van der Waals surface area contributed by atoms with Crippen molar-refractivity contribution in [1.29, 1.82) is 0 Å². The molecular weight excluding hydrogens is 311 g/mol. The summed E-state index contributed by atoms with van der Waals surface area (Å²) in [7, 11) is 6.50. The Kier molecular flexibility index (Phi) is 5.01. The Balaban J connectivity index is 1.63. The number of rotatable bonds is 4. The molecule has 1 aromatic rings. The molecule has 2 nitrogen and oxygen atoms in total. The number of aryl methyl sites for hydroxylation is 1. The molecule has 0 bridgehead atoms. The molecule has 0 heterocycles. The zero-order valence-electron chi connectivity index (χ0n) is 14.6. The molecule has 1 aromatic carbocycles. The average Bonchev–Trinajstić information content (AvgIpc) is 3.06. The lowest BCUT2D eigenvalue weighted by Crippen LogP contribution is -2.31. The van der Waals surface area contributed by atoms with Gasteiger partial charge in [0.1, 0.15) is 5.82 Å². The largest absolute Gasteiger partial charge is 0.306 e. The molecule has 23 heavy (non-hydrogen) atoms. The summed E-state index contributed by atoms with van der Waals surface area (Å²) in [4.78, 5) is 4.69. The highest BCUT2D eigenvalue weighted by molar-refractivity contribution is 6.31. The van der Waals surface area contributed by atoms with E-state index in [-0.39, 0.29) is 5.82 Å². The Morgan fingerprint density at radius 3 is 2.17 bits per heavy atom. The molecule has 2 unspecified atom stereocenters. The number of benzene rings is 1. The van der Waals surface area contributed by atoms with Gasteiger partial charge in [0.05, 0.1) is 0 Å². The van der Waals surface area contributed by atoms with Gasteiger partial charge in [-0.1, -0.05) is 17.7 Å². The van der Waals surface area contributed by atoms with Crippen LogP contribution in [0.1, 0.15) is 36.8 Å². The van der Waals surface area contributed by atoms with Crippen molar-refractivity contribution in [3.05, 3.63) is 34.1 Å². The highest BCUT2D eigenvalue weighted by Gasteiger charge is 2.43. The molecule has 2 aliphatic carbocycles. The van der Waals surface area contributed by atoms with Gasteiger partial charge in [0.25, 0.3) is 0 Å². The first-order valence-electron chi connectivity index (χ1n) is 8.67. The van der Waals surface area contributed by atoms with Crippen LogP contribution in [0.3, 0.4) is 0 Å². The second kappa shape index (κ2) is 6.70. The molecule has 4 heteroatoms. The Labute approximate surface area is 144 Å². The average molecular weight is 339 g/mol. The SMILES string of the molecule is Cc1ccc(Cl)c(CN(C)C2C[C@H]3CC(N(C)C)C[C@H]3C2)c1F. The van der Waals surface area contributed by atoms with E-state index in [1.165, 1.54) is 25.7 Å². The summed E-state index contributed by atoms with van der Waals surface area (Å²) in [6.45, 7) is 2.41. The van der Waals surface area contributed by atoms with Crippen LogP contribution in [0.15, 0.2) is 12.1 Å². The van der Waals surface area contributed by atoms with Gasteiger partial charge in [0.2, 0.25) is 0 Å². The van der Waals surface area contributed by atoms with E-state index in [0.717, 1.165) is 17.9 Å². The molecular formula is C19H28ClFN2. The molecule has 2 aliphatic rings. The smallest absolute Gasteiger partial charge is 0.132 e. The minimum Gasteiger partial charge on any atom is -0.306 e. The lowest BCUT2D eigenvalue weighted by molar-refractivity contribution is 0.210. The number of hydrogen-bond donors (Lipinski definition) is 0. The quantitative estimate of drug-likeness (QED) is 0.805. The molecule has 3 rings (SSSR count). The van der Waals surface area contributed by atoms with Gasteiger partial charge < -0.3 is 4.90 Å². The fourth-order valence-corrected chi connectivity index (χ4v) is 4.78. The highest BCUT2D eigenvalue weighted by atomic mass is 35.5. The summed E-state index contributed by atoms with van der Waals surface area (Å²) >= 11 is 6.23. The van der Waals surface area contributed by atoms with Crippen LogP contribution in [0, 0.1) is 24.6 Å². The van der Waals surface area contributed by atoms with Crippen LogP contribution >= 0.6 is 11.6 Å². The van der Waals surface area contributed by atoms with E-state index >= 15 is 0 Å². The molecule has 4 atom stereocenters. The number of halogens is 2. The minimum atomic E-state index is -0.143. The van der Waals surface area contributed by atoms with Gasteiger partial charge in [-0.05, 0) is 77.2 Å². The van der Waals surface area contributed by atoms with Gasteiger partial charge in [-0.3, -0.25) is 4.90 Å². The Bertz CT molecular complexity index is 561. The standard InChI is InChI=1S/C19H28ClFN2/c1-12-5-6-18(20)17(19(12)21)11-23(4)16-9-13-7-15(22(2)3)8-14(13)10-16/h5-6,13-16H,7-11H2,1-4H3/t13-,14+,15?,16?. The van der Waals surface area contributed by atoms with Gasteiger partial charge >= 0.3 is 0 Å². The predicted octanol–water partition coefficient (Wildman–Crippen LogP) is 4.34. The number of nitrogens with zero attached hydrogens (tertiary/aromatic N) is 2. The van der Waals surface area contributed by atoms with Crippen LogP contribution in [0.4, 0.5) is 4.39 Å². The fraction of sp³-hybridized carbons (Fsp3) is 0.684. The van der Waals surface area contributed by atoms with E-state index in [2.05, 4.69) is 30.9 Å². The van der Waals surface area contributed by atoms with Crippen molar-refractivity contribution in [2.24, 2.45) is 11.8 Å². The number of hydrogen-bond acceptors (Lipinski definition) is 2. The number of fused-ring (bicyclic) bond motifs is 1. The van der Waals surface area contributed by atoms with Crippen LogP contribution in [-0.4, -0.2) is 43.0 Å². The summed E-state index contributed by atoms with van der Waals surface area (Å²) in [5.74, 6) is 1.54. The normalized spacial score (nSPS) is 30.4. The van der Waals surface area contributed by atoms with Crippen LogP contribution in [0.5, 0.6) is 0 Å². The molecule has 0 amide bonds. The van der Waals surface area contributed by atoms with Crippen LogP contribution in [0.2, 0.25) is 5.02 Å². The second-order valence-corrected chi connectivity index (χ2v) is 8.21. The molecule has 128 valence electrons. The van der Waals surface area contributed by atoms with E-state index < -0.39 is 0 Å². The second-order valence-electron chi connectivity index (χ2n) is 7.81. The molecule has 2 fully saturated rings. The summed E-state index contributed by atoms with van der Waals surface area (Å²) in [5, 5.41) is 0.547. The van der Waals surface area contributed by atoms with Gasteiger partial charge in [-0.25, -0.2) is 4.39 Å². The first kappa shape index (κ1) is 17.2. The van der Waals surface area contributed by atoms with E-state index in [9.17, 15) is 4.39 Å². The summed E-state index contributed by atoms with van der Waals surface area (Å²) < 4.78 is 14.4. The third kappa shape index (κ3) is 3.42. The third-order valence-electron chi connectivity index (χ3n) is 6.11. The van der Waals surface area contributed by atoms with Gasteiger partial charge in [0, 0.05) is 29.2 Å². The van der Waals surface area contributed by atoms with Crippen molar-refractivity contribution >= 4 is 11.6 Å². The van der Waals surface area contributed by atoms with Crippen molar-refractivity contribution < 1.29 is 4.39 Å². The summed E-state index contributed by atoms with van der Waals surface area (Å²) in [6.07, 6.45) is 5.14. The van der Waals surface area contributed by atoms with Gasteiger partial charge in [-0.15, -0.1) is 0 Å². The van der Waals surface area contributed by atoms with Crippen molar-refractivity contribution in [2.75, 3.05) is 21.1 Å². The van der Waals surface area contributed by atoms with Crippen molar-refractivity contribution in [3.8, 4) is 0 Å². The van der Waals surface area contributed by atoms with Crippen LogP contribution in [0.25, 0.3) is 0 Å². The maximum absolute atomic E-state index is 14.4. The molecule has 0 N–H and O–H groups in total. The van der Waals surface area contributed by atoms with Gasteiger partial charge in [0.15, 0.2) is 0 Å². The monoisotopic (exact) mass is 338 g/mol. The minimum absolute atomic E-state index is 0.143. The molecule has 0 aromatic heterocycles. The molecule has 0 spiro atoms. The van der Waals surface area contributed by atoms with Crippen molar-refractivity contribution in [1.82, 2.24) is 9.80 Å². The molecule has 0 aliphatic heterocycles. The van der Waals surface area contributed by atoms with E-state index in [1.54, 1.807) is 13.0 Å². The van der Waals surface area contributed by atoms with E-state index in [1.807, 2.05) is 6.07 Å². The highest BCUT2D eigenvalue weighted by Crippen LogP contribution is 2.46. The Morgan fingerprint density at radius 2 is 1.61 bits per heavy atom. The zero-order valence-corrected chi connectivity index (χ0v) is 15.4. The third-order valence-corrected chi connectivity index (χ3v) is 6.46. The van der Waals surface area contributed by atoms with Crippen molar-refractivity contribution in [2.45, 2.75) is 51.2 Å². The fourth-order valence-electron chi connectivity index (χ4n) is 4.57. The van der Waals surface area contributed by atoms with Crippen LogP contribution in [-0.2, 0) is 6.54 Å². The van der Waals surface area contributed by atoms with E-state index in [4.69, 9.17) is 11.6 Å². The van der Waals surface area contributed by atoms with Gasteiger partial charge in [-0.2, -0.15) is 0 Å². The maximum Gasteiger partial charge on any atom is 0.132 e. The lowest BCUT2D eigenvalue weighted by atomic mass is 10.0. The molecule has 2 saturated carbocycles. The first-order valence-corrected chi connectivity index (χ1v) is 9.04. The Hall–Kier alpha value is -0.640. The maximum atomic E-state index is 14.4.